The van der Waals surface area contributed by atoms with Gasteiger partial charge in [0.1, 0.15) is 11.4 Å². The molecule has 0 bridgehead atoms. The molecule has 0 aliphatic carbocycles. The van der Waals surface area contributed by atoms with E-state index in [1.54, 1.807) is 0 Å². The summed E-state index contributed by atoms with van der Waals surface area (Å²) >= 11 is 0. The first-order valence-electron chi connectivity index (χ1n) is 13.0. The number of hydrogen-bond acceptors (Lipinski definition) is 4. The van der Waals surface area contributed by atoms with E-state index >= 15 is 0 Å². The summed E-state index contributed by atoms with van der Waals surface area (Å²) in [5, 5.41) is 3.98. The zero-order valence-electron chi connectivity index (χ0n) is 22.8. The lowest BCUT2D eigenvalue weighted by Crippen LogP contribution is -2.50. The lowest BCUT2D eigenvalue weighted by Gasteiger charge is -2.38. The molecule has 1 atom stereocenters. The normalized spacial score (nSPS) is 19.1. The molecule has 3 aromatic carbocycles. The summed E-state index contributed by atoms with van der Waals surface area (Å²) in [6, 6.07) is 22.4. The number of nitrogens with two attached hydrogens (primary N) is 1. The molecule has 1 fully saturated rings. The van der Waals surface area contributed by atoms with E-state index in [1.165, 1.54) is 27.8 Å². The van der Waals surface area contributed by atoms with Crippen molar-refractivity contribution in [3.63, 3.8) is 0 Å². The van der Waals surface area contributed by atoms with E-state index in [4.69, 9.17) is 10.5 Å². The second-order valence-electron chi connectivity index (χ2n) is 10.8. The van der Waals surface area contributed by atoms with E-state index < -0.39 is 0 Å². The highest BCUT2D eigenvalue weighted by Crippen LogP contribution is 2.44. The van der Waals surface area contributed by atoms with E-state index in [9.17, 15) is 0 Å². The fraction of sp³-hybridized carbons (Fsp3) is 0.419. The van der Waals surface area contributed by atoms with E-state index in [-0.39, 0.29) is 48.9 Å². The molecule has 2 heterocycles. The number of benzene rings is 3. The Balaban J connectivity index is 0.00000169. The monoisotopic (exact) mass is 577 g/mol. The van der Waals surface area contributed by atoms with Gasteiger partial charge in [0.2, 0.25) is 0 Å². The van der Waals surface area contributed by atoms with Crippen molar-refractivity contribution in [1.29, 1.82) is 0 Å². The summed E-state index contributed by atoms with van der Waals surface area (Å²) in [5.74, 6) is 1.07. The zero-order chi connectivity index (χ0) is 24.6. The molecule has 5 rings (SSSR count). The van der Waals surface area contributed by atoms with Crippen LogP contribution in [-0.4, -0.2) is 36.2 Å². The number of nitrogen functional groups attached to an aromatic ring is 1. The first-order chi connectivity index (χ1) is 16.8. The summed E-state index contributed by atoms with van der Waals surface area (Å²) in [6.45, 7) is 11.8. The zero-order valence-corrected chi connectivity index (χ0v) is 25.3. The summed E-state index contributed by atoms with van der Waals surface area (Å²) in [4.78, 5) is 2.59. The average molecular weight is 579 g/mol. The molecule has 0 amide bonds. The van der Waals surface area contributed by atoms with Crippen LogP contribution in [0.3, 0.4) is 0 Å². The Morgan fingerprint density at radius 1 is 0.868 bits per heavy atom. The first kappa shape index (κ1) is 32.3. The molecule has 2 aliphatic heterocycles. The van der Waals surface area contributed by atoms with Crippen LogP contribution in [0, 0.1) is 20.8 Å². The molecule has 0 aromatic heterocycles. The Morgan fingerprint density at radius 2 is 1.39 bits per heavy atom. The molecule has 3 aromatic rings. The molecule has 7 heteroatoms. The molecule has 0 spiro atoms. The number of ether oxygens (including phenoxy) is 1. The molecule has 38 heavy (non-hydrogen) atoms. The Hall–Kier alpha value is -1.95. The number of piperidine rings is 1. The minimum atomic E-state index is -0.199. The molecule has 0 saturated carbocycles. The van der Waals surface area contributed by atoms with Gasteiger partial charge in [-0.3, -0.25) is 4.90 Å². The summed E-state index contributed by atoms with van der Waals surface area (Å²) in [7, 11) is 0. The predicted octanol–water partition coefficient (Wildman–Crippen LogP) is 7.00. The number of nitrogens with zero attached hydrogens (tertiary/aromatic N) is 1. The smallest absolute Gasteiger partial charge is 0.127 e. The van der Waals surface area contributed by atoms with Gasteiger partial charge in [-0.1, -0.05) is 60.7 Å². The standard InChI is InChI=1S/C31H39N3O.3ClH/c1-21-22(2)30-27(23(3)28(21)32)19-31(4,35-30)20-34-17-15-26(16-18-34)33-29(24-11-7-5-8-12-24)25-13-9-6-10-14-25;;;/h5-14,26,29,33H,15-20,32H2,1-4H3;3*1H. The molecule has 3 N–H and O–H groups in total. The van der Waals surface area contributed by atoms with Crippen LogP contribution in [0.5, 0.6) is 5.75 Å². The van der Waals surface area contributed by atoms with Crippen molar-refractivity contribution < 1.29 is 4.74 Å². The number of likely N-dealkylation sites (tertiary alicyclic amines) is 1. The second-order valence-corrected chi connectivity index (χ2v) is 10.8. The first-order valence-corrected chi connectivity index (χ1v) is 13.0. The van der Waals surface area contributed by atoms with Crippen LogP contribution >= 0.6 is 37.2 Å². The number of halogens is 3. The van der Waals surface area contributed by atoms with E-state index in [2.05, 4.69) is 98.6 Å². The van der Waals surface area contributed by atoms with Gasteiger partial charge in [-0.05, 0) is 81.4 Å². The van der Waals surface area contributed by atoms with Gasteiger partial charge in [-0.25, -0.2) is 0 Å². The molecule has 208 valence electrons. The van der Waals surface area contributed by atoms with Gasteiger partial charge in [-0.15, -0.1) is 37.2 Å². The van der Waals surface area contributed by atoms with Crippen molar-refractivity contribution in [2.45, 2.75) is 64.6 Å². The maximum absolute atomic E-state index is 6.64. The van der Waals surface area contributed by atoms with E-state index in [1.807, 2.05) is 0 Å². The number of hydrogen-bond donors (Lipinski definition) is 2. The van der Waals surface area contributed by atoms with Crippen LogP contribution in [0.4, 0.5) is 5.69 Å². The summed E-state index contributed by atoms with van der Waals surface area (Å²) < 4.78 is 6.64. The van der Waals surface area contributed by atoms with Gasteiger partial charge in [0, 0.05) is 30.3 Å². The molecular formula is C31H42Cl3N3O. The molecule has 4 nitrogen and oxygen atoms in total. The Bertz CT molecular complexity index is 1110. The van der Waals surface area contributed by atoms with Crippen molar-refractivity contribution in [3.05, 3.63) is 94.0 Å². The highest BCUT2D eigenvalue weighted by atomic mass is 35.5. The maximum atomic E-state index is 6.64. The number of rotatable bonds is 6. The average Bonchev–Trinajstić information content (AvgIpc) is 3.24. The van der Waals surface area contributed by atoms with Crippen molar-refractivity contribution in [3.8, 4) is 5.75 Å². The van der Waals surface area contributed by atoms with Gasteiger partial charge in [0.25, 0.3) is 0 Å². The predicted molar refractivity (Wildman–Crippen MR) is 167 cm³/mol. The van der Waals surface area contributed by atoms with Gasteiger partial charge in [-0.2, -0.15) is 0 Å². The highest BCUT2D eigenvalue weighted by Gasteiger charge is 2.40. The quantitative estimate of drug-likeness (QED) is 0.309. The number of anilines is 1. The Kier molecular flexibility index (Phi) is 11.4. The second kappa shape index (κ2) is 13.4. The van der Waals surface area contributed by atoms with E-state index in [0.717, 1.165) is 55.9 Å². The molecule has 2 aliphatic rings. The number of fused-ring (bicyclic) bond motifs is 1. The van der Waals surface area contributed by atoms with Crippen LogP contribution in [0.2, 0.25) is 0 Å². The minimum Gasteiger partial charge on any atom is -0.485 e. The highest BCUT2D eigenvalue weighted by molar-refractivity contribution is 5.86. The largest absolute Gasteiger partial charge is 0.485 e. The molecule has 0 radical (unpaired) electrons. The Labute approximate surface area is 247 Å². The van der Waals surface area contributed by atoms with Gasteiger partial charge >= 0.3 is 0 Å². The fourth-order valence-electron chi connectivity index (χ4n) is 5.95. The molecule has 1 unspecified atom stereocenters. The van der Waals surface area contributed by atoms with Crippen molar-refractivity contribution >= 4 is 42.9 Å². The van der Waals surface area contributed by atoms with Crippen LogP contribution in [0.15, 0.2) is 60.7 Å². The molecular weight excluding hydrogens is 537 g/mol. The fourth-order valence-corrected chi connectivity index (χ4v) is 5.95. The van der Waals surface area contributed by atoms with E-state index in [0.29, 0.717) is 6.04 Å². The topological polar surface area (TPSA) is 50.5 Å². The maximum Gasteiger partial charge on any atom is 0.127 e. The van der Waals surface area contributed by atoms with Crippen LogP contribution in [0.1, 0.15) is 59.2 Å². The lowest BCUT2D eigenvalue weighted by atomic mass is 9.91. The third-order valence-corrected chi connectivity index (χ3v) is 8.15. The molecule has 1 saturated heterocycles. The van der Waals surface area contributed by atoms with Crippen LogP contribution in [-0.2, 0) is 6.42 Å². The summed E-state index contributed by atoms with van der Waals surface area (Å²) in [6.07, 6.45) is 3.22. The van der Waals surface area contributed by atoms with Gasteiger partial charge in [0.15, 0.2) is 0 Å². The summed E-state index contributed by atoms with van der Waals surface area (Å²) in [5.41, 5.74) is 14.6. The van der Waals surface area contributed by atoms with Crippen molar-refractivity contribution in [2.75, 3.05) is 25.4 Å². The van der Waals surface area contributed by atoms with Crippen molar-refractivity contribution in [1.82, 2.24) is 10.2 Å². The van der Waals surface area contributed by atoms with Gasteiger partial charge < -0.3 is 15.8 Å². The van der Waals surface area contributed by atoms with Crippen LogP contribution in [0.25, 0.3) is 0 Å². The van der Waals surface area contributed by atoms with Gasteiger partial charge in [0.05, 0.1) is 6.04 Å². The third kappa shape index (κ3) is 6.60. The Morgan fingerprint density at radius 3 is 1.92 bits per heavy atom. The number of nitrogens with one attached hydrogen (secondary N) is 1. The lowest BCUT2D eigenvalue weighted by molar-refractivity contribution is 0.0501. The van der Waals surface area contributed by atoms with Crippen molar-refractivity contribution in [2.24, 2.45) is 0 Å². The van der Waals surface area contributed by atoms with Crippen LogP contribution < -0.4 is 15.8 Å². The minimum absolute atomic E-state index is 0. The SMILES string of the molecule is Cc1c(C)c2c(c(C)c1N)CC(C)(CN1CCC(NC(c3ccccc3)c3ccccc3)CC1)O2.Cl.Cl.Cl. The third-order valence-electron chi connectivity index (χ3n) is 8.15.